The predicted octanol–water partition coefficient (Wildman–Crippen LogP) is 4.11. The summed E-state index contributed by atoms with van der Waals surface area (Å²) in [5.41, 5.74) is 0. The molecule has 7 nitrogen and oxygen atoms in total. The Morgan fingerprint density at radius 1 is 1.09 bits per heavy atom. The average Bonchev–Trinajstić information content (AvgIpc) is 3.24. The van der Waals surface area contributed by atoms with Gasteiger partial charge in [0, 0.05) is 30.8 Å². The van der Waals surface area contributed by atoms with Gasteiger partial charge in [-0.3, -0.25) is 9.59 Å². The van der Waals surface area contributed by atoms with Crippen molar-refractivity contribution in [1.29, 1.82) is 0 Å². The zero-order valence-electron chi connectivity index (χ0n) is 20.3. The molecule has 7 heteroatoms. The Hall–Kier alpha value is -3.09. The average molecular weight is 466 g/mol. The highest BCUT2D eigenvalue weighted by Gasteiger charge is 2.41. The number of fused-ring (bicyclic) bond motifs is 2. The lowest BCUT2D eigenvalue weighted by Gasteiger charge is -2.26. The summed E-state index contributed by atoms with van der Waals surface area (Å²) < 4.78 is 11.7. The quantitative estimate of drug-likeness (QED) is 0.690. The SMILES string of the molecule is COc1cc2ccccc2c(O[C@@H]2C[C@H]3C(=O)NC/C=C\CC[C@H](C)C[C@@H](C)CC(=O)N3C2)n1. The van der Waals surface area contributed by atoms with Crippen molar-refractivity contribution in [3.05, 3.63) is 42.5 Å². The molecule has 2 amide bonds. The van der Waals surface area contributed by atoms with E-state index < -0.39 is 6.04 Å². The van der Waals surface area contributed by atoms with Crippen LogP contribution in [-0.2, 0) is 9.59 Å². The van der Waals surface area contributed by atoms with Crippen LogP contribution >= 0.6 is 0 Å². The zero-order chi connectivity index (χ0) is 24.1. The lowest BCUT2D eigenvalue weighted by Crippen LogP contribution is -2.46. The third kappa shape index (κ3) is 5.69. The van der Waals surface area contributed by atoms with Gasteiger partial charge in [0.05, 0.1) is 13.7 Å². The lowest BCUT2D eigenvalue weighted by atomic mass is 9.91. The van der Waals surface area contributed by atoms with Gasteiger partial charge in [0.2, 0.25) is 23.6 Å². The highest BCUT2D eigenvalue weighted by Crippen LogP contribution is 2.31. The third-order valence-electron chi connectivity index (χ3n) is 6.77. The van der Waals surface area contributed by atoms with Gasteiger partial charge in [0.1, 0.15) is 12.1 Å². The van der Waals surface area contributed by atoms with Gasteiger partial charge >= 0.3 is 0 Å². The minimum absolute atomic E-state index is 0.0158. The van der Waals surface area contributed by atoms with Crippen molar-refractivity contribution < 1.29 is 19.1 Å². The Morgan fingerprint density at radius 2 is 1.91 bits per heavy atom. The van der Waals surface area contributed by atoms with Crippen molar-refractivity contribution in [1.82, 2.24) is 15.2 Å². The standard InChI is InChI=1S/C27H35N3O4/c1-18-9-5-4-8-12-28-26(32)23-16-21(17-30(23)25(31)14-19(2)13-18)34-27-22-11-7-6-10-20(22)15-24(29-27)33-3/h4,6-8,10-11,15,18-19,21,23H,5,9,12-14,16-17H2,1-3H3,(H,28,32)/b8-4-/t18-,19+,21+,23-/m0/s1. The summed E-state index contributed by atoms with van der Waals surface area (Å²) in [4.78, 5) is 32.5. The molecule has 2 aromatic rings. The van der Waals surface area contributed by atoms with Crippen molar-refractivity contribution in [3.8, 4) is 11.8 Å². The van der Waals surface area contributed by atoms with Crippen LogP contribution < -0.4 is 14.8 Å². The number of pyridine rings is 1. The van der Waals surface area contributed by atoms with Gasteiger partial charge in [-0.1, -0.05) is 44.2 Å². The van der Waals surface area contributed by atoms with Gasteiger partial charge < -0.3 is 19.7 Å². The van der Waals surface area contributed by atoms with Crippen LogP contribution in [0.3, 0.4) is 0 Å². The van der Waals surface area contributed by atoms with E-state index >= 15 is 0 Å². The molecule has 0 saturated carbocycles. The maximum atomic E-state index is 13.3. The monoisotopic (exact) mass is 465 g/mol. The topological polar surface area (TPSA) is 80.8 Å². The molecular formula is C27H35N3O4. The molecule has 182 valence electrons. The number of nitrogens with zero attached hydrogens (tertiary/aromatic N) is 2. The molecule has 1 saturated heterocycles. The van der Waals surface area contributed by atoms with E-state index in [9.17, 15) is 9.59 Å². The summed E-state index contributed by atoms with van der Waals surface area (Å²) in [5, 5.41) is 4.81. The Bertz CT molecular complexity index is 1050. The Morgan fingerprint density at radius 3 is 2.74 bits per heavy atom. The van der Waals surface area contributed by atoms with E-state index in [2.05, 4.69) is 30.2 Å². The van der Waals surface area contributed by atoms with E-state index in [4.69, 9.17) is 9.47 Å². The Balaban J connectivity index is 1.56. The van der Waals surface area contributed by atoms with Gasteiger partial charge in [0.15, 0.2) is 0 Å². The molecule has 0 unspecified atom stereocenters. The first-order valence-electron chi connectivity index (χ1n) is 12.3. The van der Waals surface area contributed by atoms with E-state index in [-0.39, 0.29) is 23.8 Å². The minimum Gasteiger partial charge on any atom is -0.481 e. The van der Waals surface area contributed by atoms with E-state index in [1.54, 1.807) is 12.0 Å². The van der Waals surface area contributed by atoms with Crippen LogP contribution in [-0.4, -0.2) is 54.0 Å². The fourth-order valence-corrected chi connectivity index (χ4v) is 5.07. The van der Waals surface area contributed by atoms with Crippen molar-refractivity contribution >= 4 is 22.6 Å². The van der Waals surface area contributed by atoms with Crippen LogP contribution in [0.15, 0.2) is 42.5 Å². The zero-order valence-corrected chi connectivity index (χ0v) is 20.3. The molecule has 1 aromatic carbocycles. The molecule has 4 atom stereocenters. The first-order chi connectivity index (χ1) is 16.4. The van der Waals surface area contributed by atoms with Crippen LogP contribution in [0.4, 0.5) is 0 Å². The van der Waals surface area contributed by atoms with Crippen molar-refractivity contribution in [3.63, 3.8) is 0 Å². The summed E-state index contributed by atoms with van der Waals surface area (Å²) in [6, 6.07) is 9.15. The predicted molar refractivity (Wildman–Crippen MR) is 132 cm³/mol. The maximum absolute atomic E-state index is 13.3. The van der Waals surface area contributed by atoms with Crippen LogP contribution in [0.5, 0.6) is 11.8 Å². The summed E-state index contributed by atoms with van der Waals surface area (Å²) in [5.74, 6) is 1.64. The summed E-state index contributed by atoms with van der Waals surface area (Å²) in [6.45, 7) is 5.20. The van der Waals surface area contributed by atoms with Crippen LogP contribution in [0.25, 0.3) is 10.8 Å². The maximum Gasteiger partial charge on any atom is 0.243 e. The highest BCUT2D eigenvalue weighted by molar-refractivity contribution is 5.89. The van der Waals surface area contributed by atoms with Gasteiger partial charge in [-0.25, -0.2) is 0 Å². The Labute approximate surface area is 201 Å². The number of rotatable bonds is 3. The molecule has 2 aliphatic heterocycles. The molecular weight excluding hydrogens is 430 g/mol. The first-order valence-corrected chi connectivity index (χ1v) is 12.3. The number of hydrogen-bond donors (Lipinski definition) is 1. The smallest absolute Gasteiger partial charge is 0.243 e. The van der Waals surface area contributed by atoms with Crippen molar-refractivity contribution in [2.75, 3.05) is 20.2 Å². The fraction of sp³-hybridized carbons (Fsp3) is 0.519. The normalized spacial score (nSPS) is 27.6. The molecule has 0 radical (unpaired) electrons. The number of benzene rings is 1. The van der Waals surface area contributed by atoms with E-state index in [0.717, 1.165) is 30.0 Å². The second-order valence-electron chi connectivity index (χ2n) is 9.67. The van der Waals surface area contributed by atoms with Crippen LogP contribution in [0, 0.1) is 11.8 Å². The summed E-state index contributed by atoms with van der Waals surface area (Å²) >= 11 is 0. The number of allylic oxidation sites excluding steroid dienone is 1. The molecule has 0 aliphatic carbocycles. The lowest BCUT2D eigenvalue weighted by molar-refractivity contribution is -0.139. The van der Waals surface area contributed by atoms with E-state index in [1.165, 1.54) is 0 Å². The van der Waals surface area contributed by atoms with Crippen LogP contribution in [0.2, 0.25) is 0 Å². The van der Waals surface area contributed by atoms with Crippen molar-refractivity contribution in [2.24, 2.45) is 11.8 Å². The number of methoxy groups -OCH3 is 1. The second-order valence-corrected chi connectivity index (χ2v) is 9.67. The summed E-state index contributed by atoms with van der Waals surface area (Å²) in [7, 11) is 1.57. The molecule has 0 spiro atoms. The van der Waals surface area contributed by atoms with Gasteiger partial charge in [0.25, 0.3) is 0 Å². The molecule has 34 heavy (non-hydrogen) atoms. The summed E-state index contributed by atoms with van der Waals surface area (Å²) in [6.07, 6.45) is 7.76. The van der Waals surface area contributed by atoms with Gasteiger partial charge in [-0.15, -0.1) is 0 Å². The molecule has 4 rings (SSSR count). The molecule has 2 aliphatic rings. The van der Waals surface area contributed by atoms with Crippen molar-refractivity contribution in [2.45, 2.75) is 58.1 Å². The number of ether oxygens (including phenoxy) is 2. The molecule has 0 bridgehead atoms. The number of carbonyl (C=O) groups is 2. The molecule has 1 N–H and O–H groups in total. The Kier molecular flexibility index (Phi) is 7.70. The molecule has 1 fully saturated rings. The van der Waals surface area contributed by atoms with E-state index in [1.807, 2.05) is 36.4 Å². The van der Waals surface area contributed by atoms with Gasteiger partial charge in [-0.2, -0.15) is 4.98 Å². The van der Waals surface area contributed by atoms with Crippen LogP contribution in [0.1, 0.15) is 46.0 Å². The van der Waals surface area contributed by atoms with E-state index in [0.29, 0.717) is 43.6 Å². The third-order valence-corrected chi connectivity index (χ3v) is 6.77. The first kappa shape index (κ1) is 24.0. The fourth-order valence-electron chi connectivity index (χ4n) is 5.07. The molecule has 3 heterocycles. The number of carbonyl (C=O) groups excluding carboxylic acids is 2. The number of hydrogen-bond acceptors (Lipinski definition) is 5. The number of aromatic nitrogens is 1. The largest absolute Gasteiger partial charge is 0.481 e. The van der Waals surface area contributed by atoms with Gasteiger partial charge in [-0.05, 0) is 42.6 Å². The highest BCUT2D eigenvalue weighted by atomic mass is 16.5. The molecule has 1 aromatic heterocycles. The number of amides is 2. The minimum atomic E-state index is -0.546. The number of nitrogens with one attached hydrogen (secondary N) is 1. The second kappa shape index (κ2) is 10.9.